The van der Waals surface area contributed by atoms with Crippen LogP contribution in [0, 0.1) is 5.82 Å². The molecule has 1 saturated heterocycles. The fourth-order valence-electron chi connectivity index (χ4n) is 2.85. The van der Waals surface area contributed by atoms with Gasteiger partial charge in [-0.05, 0) is 31.7 Å². The molecule has 0 aliphatic carbocycles. The summed E-state index contributed by atoms with van der Waals surface area (Å²) in [5.41, 5.74) is 0.993. The summed E-state index contributed by atoms with van der Waals surface area (Å²) in [6.07, 6.45) is 2.29. The van der Waals surface area contributed by atoms with Crippen molar-refractivity contribution >= 4 is 17.2 Å². The zero-order valence-electron chi connectivity index (χ0n) is 13.3. The van der Waals surface area contributed by atoms with Crippen LogP contribution in [0.2, 0.25) is 0 Å². The molecule has 0 bridgehead atoms. The second kappa shape index (κ2) is 6.76. The first-order valence-electron chi connectivity index (χ1n) is 7.71. The number of halogens is 1. The third kappa shape index (κ3) is 3.76. The fourth-order valence-corrected chi connectivity index (χ4v) is 3.76. The normalized spacial score (nSPS) is 19.1. The van der Waals surface area contributed by atoms with Crippen LogP contribution in [-0.4, -0.2) is 53.4 Å². The number of hydrogen-bond acceptors (Lipinski definition) is 4. The van der Waals surface area contributed by atoms with E-state index < -0.39 is 0 Å². The summed E-state index contributed by atoms with van der Waals surface area (Å²) in [7, 11) is 2.08. The Bertz CT molecular complexity index is 685. The molecule has 1 aromatic heterocycles. The number of amides is 1. The Morgan fingerprint density at radius 1 is 1.35 bits per heavy atom. The Morgan fingerprint density at radius 3 is 2.78 bits per heavy atom. The highest BCUT2D eigenvalue weighted by Crippen LogP contribution is 2.21. The van der Waals surface area contributed by atoms with E-state index in [9.17, 15) is 9.18 Å². The SMILES string of the molecule is C[C@@H]1CN(C)CCN1C(=O)c1cnc(Cc2ccc(F)cc2)s1. The molecule has 0 unspecified atom stereocenters. The molecule has 0 saturated carbocycles. The highest BCUT2D eigenvalue weighted by molar-refractivity contribution is 7.13. The molecule has 1 fully saturated rings. The van der Waals surface area contributed by atoms with Crippen LogP contribution in [0.3, 0.4) is 0 Å². The third-order valence-electron chi connectivity index (χ3n) is 4.12. The van der Waals surface area contributed by atoms with Crippen molar-refractivity contribution in [3.05, 3.63) is 51.7 Å². The molecule has 2 aromatic rings. The van der Waals surface area contributed by atoms with Gasteiger partial charge < -0.3 is 9.80 Å². The van der Waals surface area contributed by atoms with E-state index >= 15 is 0 Å². The first-order chi connectivity index (χ1) is 11.0. The van der Waals surface area contributed by atoms with Crippen molar-refractivity contribution in [2.45, 2.75) is 19.4 Å². The first kappa shape index (κ1) is 16.1. The summed E-state index contributed by atoms with van der Waals surface area (Å²) < 4.78 is 12.9. The van der Waals surface area contributed by atoms with Gasteiger partial charge in [0.05, 0.1) is 11.2 Å². The number of carbonyl (C=O) groups excluding carboxylic acids is 1. The minimum Gasteiger partial charge on any atom is -0.333 e. The number of likely N-dealkylation sites (N-methyl/N-ethyl adjacent to an activating group) is 1. The van der Waals surface area contributed by atoms with Crippen LogP contribution < -0.4 is 0 Å². The molecule has 1 aliphatic heterocycles. The molecule has 0 radical (unpaired) electrons. The molecule has 122 valence electrons. The van der Waals surface area contributed by atoms with Crippen molar-refractivity contribution in [1.82, 2.24) is 14.8 Å². The number of rotatable bonds is 3. The van der Waals surface area contributed by atoms with E-state index in [1.54, 1.807) is 18.3 Å². The topological polar surface area (TPSA) is 36.4 Å². The predicted octanol–water partition coefficient (Wildman–Crippen LogP) is 2.65. The smallest absolute Gasteiger partial charge is 0.265 e. The molecular formula is C17H20FN3OS. The van der Waals surface area contributed by atoms with Crippen molar-refractivity contribution in [3.63, 3.8) is 0 Å². The summed E-state index contributed by atoms with van der Waals surface area (Å²) in [6, 6.07) is 6.60. The number of piperazine rings is 1. The molecule has 1 aromatic carbocycles. The number of benzene rings is 1. The number of carbonyl (C=O) groups is 1. The molecule has 23 heavy (non-hydrogen) atoms. The van der Waals surface area contributed by atoms with E-state index in [0.717, 1.165) is 30.2 Å². The monoisotopic (exact) mass is 333 g/mol. The summed E-state index contributed by atoms with van der Waals surface area (Å²) in [5.74, 6) is -0.179. The van der Waals surface area contributed by atoms with E-state index in [0.29, 0.717) is 11.3 Å². The van der Waals surface area contributed by atoms with Gasteiger partial charge in [-0.15, -0.1) is 11.3 Å². The van der Waals surface area contributed by atoms with Crippen molar-refractivity contribution < 1.29 is 9.18 Å². The van der Waals surface area contributed by atoms with Crippen LogP contribution in [0.25, 0.3) is 0 Å². The van der Waals surface area contributed by atoms with E-state index in [4.69, 9.17) is 0 Å². The van der Waals surface area contributed by atoms with Crippen LogP contribution in [0.15, 0.2) is 30.5 Å². The van der Waals surface area contributed by atoms with E-state index in [1.165, 1.54) is 23.5 Å². The lowest BCUT2D eigenvalue weighted by Gasteiger charge is -2.37. The Kier molecular flexibility index (Phi) is 4.73. The van der Waals surface area contributed by atoms with Crippen molar-refractivity contribution in [1.29, 1.82) is 0 Å². The van der Waals surface area contributed by atoms with Gasteiger partial charge in [0, 0.05) is 32.1 Å². The van der Waals surface area contributed by atoms with Gasteiger partial charge in [0.25, 0.3) is 5.91 Å². The Balaban J connectivity index is 1.68. The van der Waals surface area contributed by atoms with Crippen LogP contribution >= 0.6 is 11.3 Å². The first-order valence-corrected chi connectivity index (χ1v) is 8.53. The summed E-state index contributed by atoms with van der Waals surface area (Å²) in [4.78, 5) is 21.9. The molecule has 6 heteroatoms. The van der Waals surface area contributed by atoms with Gasteiger partial charge in [-0.1, -0.05) is 12.1 Å². The minimum atomic E-state index is -0.243. The van der Waals surface area contributed by atoms with Gasteiger partial charge in [-0.25, -0.2) is 9.37 Å². The van der Waals surface area contributed by atoms with Gasteiger partial charge in [0.2, 0.25) is 0 Å². The van der Waals surface area contributed by atoms with Gasteiger partial charge >= 0.3 is 0 Å². The number of thiazole rings is 1. The Morgan fingerprint density at radius 2 is 2.09 bits per heavy atom. The third-order valence-corrected chi connectivity index (χ3v) is 5.11. The lowest BCUT2D eigenvalue weighted by Crippen LogP contribution is -2.52. The van der Waals surface area contributed by atoms with Gasteiger partial charge in [-0.3, -0.25) is 4.79 Å². The molecule has 1 aliphatic rings. The number of nitrogens with zero attached hydrogens (tertiary/aromatic N) is 3. The number of hydrogen-bond donors (Lipinski definition) is 0. The Hall–Kier alpha value is -1.79. The summed E-state index contributed by atoms with van der Waals surface area (Å²) >= 11 is 1.43. The van der Waals surface area contributed by atoms with E-state index in [-0.39, 0.29) is 17.8 Å². The lowest BCUT2D eigenvalue weighted by atomic mass is 10.2. The van der Waals surface area contributed by atoms with E-state index in [2.05, 4.69) is 23.9 Å². The quantitative estimate of drug-likeness (QED) is 0.866. The maximum atomic E-state index is 12.9. The van der Waals surface area contributed by atoms with E-state index in [1.807, 2.05) is 4.90 Å². The average Bonchev–Trinajstić information content (AvgIpc) is 2.97. The molecule has 2 heterocycles. The zero-order chi connectivity index (χ0) is 16.4. The highest BCUT2D eigenvalue weighted by atomic mass is 32.1. The zero-order valence-corrected chi connectivity index (χ0v) is 14.1. The lowest BCUT2D eigenvalue weighted by molar-refractivity contribution is 0.0538. The second-order valence-electron chi connectivity index (χ2n) is 6.03. The molecule has 1 amide bonds. The van der Waals surface area contributed by atoms with Crippen LogP contribution in [0.4, 0.5) is 4.39 Å². The maximum absolute atomic E-state index is 12.9. The van der Waals surface area contributed by atoms with Gasteiger partial charge in [0.1, 0.15) is 10.7 Å². The highest BCUT2D eigenvalue weighted by Gasteiger charge is 2.27. The molecule has 0 spiro atoms. The molecular weight excluding hydrogens is 313 g/mol. The summed E-state index contributed by atoms with van der Waals surface area (Å²) in [5, 5.41) is 0.877. The van der Waals surface area contributed by atoms with Crippen LogP contribution in [-0.2, 0) is 6.42 Å². The second-order valence-corrected chi connectivity index (χ2v) is 7.15. The standard InChI is InChI=1S/C17H20FN3OS/c1-12-11-20(2)7-8-21(12)17(22)15-10-19-16(23-15)9-13-3-5-14(18)6-4-13/h3-6,10,12H,7-9,11H2,1-2H3/t12-/m1/s1. The number of aromatic nitrogens is 1. The fraction of sp³-hybridized carbons (Fsp3) is 0.412. The average molecular weight is 333 g/mol. The summed E-state index contributed by atoms with van der Waals surface area (Å²) in [6.45, 7) is 4.63. The Labute approximate surface area is 139 Å². The molecule has 0 N–H and O–H groups in total. The molecule has 4 nitrogen and oxygen atoms in total. The van der Waals surface area contributed by atoms with Crippen LogP contribution in [0.5, 0.6) is 0 Å². The molecule has 3 rings (SSSR count). The maximum Gasteiger partial charge on any atom is 0.265 e. The minimum absolute atomic E-state index is 0.0634. The predicted molar refractivity (Wildman–Crippen MR) is 89.3 cm³/mol. The molecule has 1 atom stereocenters. The van der Waals surface area contributed by atoms with Crippen molar-refractivity contribution in [2.24, 2.45) is 0 Å². The van der Waals surface area contributed by atoms with Crippen molar-refractivity contribution in [3.8, 4) is 0 Å². The van der Waals surface area contributed by atoms with Crippen molar-refractivity contribution in [2.75, 3.05) is 26.7 Å². The largest absolute Gasteiger partial charge is 0.333 e. The van der Waals surface area contributed by atoms with Gasteiger partial charge in [0.15, 0.2) is 0 Å². The van der Waals surface area contributed by atoms with Crippen LogP contribution in [0.1, 0.15) is 27.2 Å². The van der Waals surface area contributed by atoms with Gasteiger partial charge in [-0.2, -0.15) is 0 Å².